The Morgan fingerprint density at radius 3 is 2.35 bits per heavy atom. The normalized spacial score (nSPS) is 11.5. The molecule has 0 fully saturated rings. The highest BCUT2D eigenvalue weighted by Crippen LogP contribution is 2.15. The van der Waals surface area contributed by atoms with Gasteiger partial charge in [-0.1, -0.05) is 31.8 Å². The highest BCUT2D eigenvalue weighted by atomic mass is 28.3. The summed E-state index contributed by atoms with van der Waals surface area (Å²) in [5.41, 5.74) is 1.32. The van der Waals surface area contributed by atoms with Crippen molar-refractivity contribution in [1.82, 2.24) is 0 Å². The number of ether oxygens (including phenoxy) is 1. The second kappa shape index (κ2) is 8.29. The Balaban J connectivity index is 2.72. The highest BCUT2D eigenvalue weighted by Gasteiger charge is 2.16. The Morgan fingerprint density at radius 2 is 1.87 bits per heavy atom. The van der Waals surface area contributed by atoms with Gasteiger partial charge in [-0.15, -0.1) is 0 Å². The molecule has 6 heteroatoms. The van der Waals surface area contributed by atoms with Gasteiger partial charge in [0.25, 0.3) is 5.70 Å². The molecular weight excluding hydrogens is 308 g/mol. The molecule has 0 unspecified atom stereocenters. The molecule has 1 aromatic rings. The zero-order valence-corrected chi connectivity index (χ0v) is 15.0. The lowest BCUT2D eigenvalue weighted by atomic mass is 10.1. The Morgan fingerprint density at radius 1 is 1.26 bits per heavy atom. The number of benzene rings is 1. The van der Waals surface area contributed by atoms with Gasteiger partial charge in [-0.2, -0.15) is 0 Å². The Labute approximate surface area is 138 Å². The van der Waals surface area contributed by atoms with Gasteiger partial charge in [0, 0.05) is 20.7 Å². The third kappa shape index (κ3) is 7.43. The van der Waals surface area contributed by atoms with Gasteiger partial charge in [-0.3, -0.25) is 9.59 Å². The van der Waals surface area contributed by atoms with E-state index in [0.717, 1.165) is 6.04 Å². The maximum Gasteiger partial charge on any atom is 0.336 e. The van der Waals surface area contributed by atoms with Crippen LogP contribution < -0.4 is 5.32 Å². The van der Waals surface area contributed by atoms with Crippen molar-refractivity contribution in [2.45, 2.75) is 32.6 Å². The molecule has 0 aliphatic carbocycles. The summed E-state index contributed by atoms with van der Waals surface area (Å²) in [5, 5.41) is 2.66. The number of esters is 1. The molecule has 0 radical (unpaired) electrons. The number of nitrogens with zero attached hydrogens (tertiary/aromatic N) is 1. The molecule has 0 aliphatic rings. The average molecular weight is 330 g/mol. The summed E-state index contributed by atoms with van der Waals surface area (Å²) in [6, 6.07) is 7.75. The highest BCUT2D eigenvalue weighted by molar-refractivity contribution is 6.76. The largest absolute Gasteiger partial charge is 0.471 e. The van der Waals surface area contributed by atoms with Crippen molar-refractivity contribution >= 4 is 31.7 Å². The molecule has 23 heavy (non-hydrogen) atoms. The summed E-state index contributed by atoms with van der Waals surface area (Å²) in [5.74, 6) is -0.745. The number of rotatable bonds is 6. The van der Waals surface area contributed by atoms with Crippen LogP contribution >= 0.6 is 0 Å². The molecule has 122 valence electrons. The van der Waals surface area contributed by atoms with E-state index in [0.29, 0.717) is 17.9 Å². The Hall–Kier alpha value is -2.39. The van der Waals surface area contributed by atoms with Crippen LogP contribution in [0.15, 0.2) is 30.0 Å². The standard InChI is InChI=1S/C17H22N2O3Si/c1-13(20)19-15-8-6-14(7-9-15)12-16(18-2)17(21)22-10-11-23(3,4)5/h6-9,12H,10-11H2,1,3-5H3,(H,19,20). The summed E-state index contributed by atoms with van der Waals surface area (Å²) in [7, 11) is -1.27. The number of carbonyl (C=O) groups excluding carboxylic acids is 2. The fraction of sp³-hybridized carbons (Fsp3) is 0.353. The van der Waals surface area contributed by atoms with Crippen molar-refractivity contribution < 1.29 is 14.3 Å². The van der Waals surface area contributed by atoms with Crippen LogP contribution in [-0.2, 0) is 14.3 Å². The maximum absolute atomic E-state index is 11.9. The van der Waals surface area contributed by atoms with E-state index in [2.05, 4.69) is 29.8 Å². The van der Waals surface area contributed by atoms with Gasteiger partial charge in [-0.05, 0) is 29.8 Å². The van der Waals surface area contributed by atoms with E-state index in [1.54, 1.807) is 24.3 Å². The first-order valence-corrected chi connectivity index (χ1v) is 11.1. The van der Waals surface area contributed by atoms with Crippen molar-refractivity contribution in [2.75, 3.05) is 11.9 Å². The lowest BCUT2D eigenvalue weighted by Crippen LogP contribution is -2.22. The molecule has 0 saturated heterocycles. The first-order chi connectivity index (χ1) is 10.7. The molecule has 0 aliphatic heterocycles. The predicted octanol–water partition coefficient (Wildman–Crippen LogP) is 3.79. The maximum atomic E-state index is 11.9. The SMILES string of the molecule is [C-]#[N+]C(=Cc1ccc(NC(C)=O)cc1)C(=O)OCC[Si](C)(C)C. The summed E-state index contributed by atoms with van der Waals surface area (Å²) in [6.07, 6.45) is 1.49. The molecule has 0 spiro atoms. The van der Waals surface area contributed by atoms with Gasteiger partial charge in [0.15, 0.2) is 0 Å². The lowest BCUT2D eigenvalue weighted by Gasteiger charge is -2.15. The second-order valence-electron chi connectivity index (χ2n) is 6.39. The molecule has 1 rings (SSSR count). The van der Waals surface area contributed by atoms with Gasteiger partial charge >= 0.3 is 5.97 Å². The van der Waals surface area contributed by atoms with E-state index < -0.39 is 14.0 Å². The number of anilines is 1. The molecular formula is C17H22N2O3Si. The van der Waals surface area contributed by atoms with Gasteiger partial charge in [0.1, 0.15) is 0 Å². The number of carbonyl (C=O) groups is 2. The van der Waals surface area contributed by atoms with Gasteiger partial charge in [0.05, 0.1) is 13.2 Å². The van der Waals surface area contributed by atoms with E-state index in [-0.39, 0.29) is 11.6 Å². The van der Waals surface area contributed by atoms with Crippen molar-refractivity contribution in [3.05, 3.63) is 46.9 Å². The monoisotopic (exact) mass is 330 g/mol. The Kier molecular flexibility index (Phi) is 6.73. The summed E-state index contributed by atoms with van der Waals surface area (Å²) in [4.78, 5) is 26.1. The number of hydrogen-bond donors (Lipinski definition) is 1. The predicted molar refractivity (Wildman–Crippen MR) is 94.4 cm³/mol. The van der Waals surface area contributed by atoms with Crippen LogP contribution in [0.1, 0.15) is 12.5 Å². The van der Waals surface area contributed by atoms with E-state index >= 15 is 0 Å². The van der Waals surface area contributed by atoms with Crippen molar-refractivity contribution in [3.63, 3.8) is 0 Å². The average Bonchev–Trinajstić information content (AvgIpc) is 2.44. The molecule has 0 aromatic heterocycles. The van der Waals surface area contributed by atoms with E-state index in [1.165, 1.54) is 13.0 Å². The molecule has 1 amide bonds. The first kappa shape index (κ1) is 18.7. The summed E-state index contributed by atoms with van der Waals surface area (Å²) in [6.45, 7) is 15.5. The van der Waals surface area contributed by atoms with E-state index in [9.17, 15) is 9.59 Å². The minimum Gasteiger partial charge on any atom is -0.471 e. The van der Waals surface area contributed by atoms with Crippen LogP contribution in [0, 0.1) is 6.57 Å². The van der Waals surface area contributed by atoms with Crippen LogP contribution in [0.4, 0.5) is 5.69 Å². The fourth-order valence-electron chi connectivity index (χ4n) is 1.68. The van der Waals surface area contributed by atoms with Crippen molar-refractivity contribution in [1.29, 1.82) is 0 Å². The quantitative estimate of drug-likeness (QED) is 0.374. The van der Waals surface area contributed by atoms with E-state index in [1.807, 2.05) is 0 Å². The molecule has 5 nitrogen and oxygen atoms in total. The lowest BCUT2D eigenvalue weighted by molar-refractivity contribution is -0.138. The van der Waals surface area contributed by atoms with Gasteiger partial charge in [0.2, 0.25) is 5.91 Å². The van der Waals surface area contributed by atoms with Crippen LogP contribution in [0.3, 0.4) is 0 Å². The zero-order chi connectivity index (χ0) is 17.5. The minimum atomic E-state index is -1.27. The van der Waals surface area contributed by atoms with Crippen LogP contribution in [0.5, 0.6) is 0 Å². The third-order valence-electron chi connectivity index (χ3n) is 2.95. The minimum absolute atomic E-state index is 0.0483. The molecule has 0 bridgehead atoms. The smallest absolute Gasteiger partial charge is 0.336 e. The number of amides is 1. The molecule has 0 heterocycles. The van der Waals surface area contributed by atoms with Crippen LogP contribution in [0.25, 0.3) is 10.9 Å². The third-order valence-corrected chi connectivity index (χ3v) is 4.65. The summed E-state index contributed by atoms with van der Waals surface area (Å²) < 4.78 is 5.18. The Bertz CT molecular complexity index is 637. The van der Waals surface area contributed by atoms with Crippen molar-refractivity contribution in [2.24, 2.45) is 0 Å². The second-order valence-corrected chi connectivity index (χ2v) is 12.0. The zero-order valence-electron chi connectivity index (χ0n) is 14.0. The van der Waals surface area contributed by atoms with Gasteiger partial charge in [-0.25, -0.2) is 4.85 Å². The molecule has 1 aromatic carbocycles. The summed E-state index contributed by atoms with van der Waals surface area (Å²) >= 11 is 0. The molecule has 1 N–H and O–H groups in total. The molecule has 0 saturated carbocycles. The topological polar surface area (TPSA) is 59.8 Å². The number of hydrogen-bond acceptors (Lipinski definition) is 3. The molecule has 0 atom stereocenters. The van der Waals surface area contributed by atoms with Crippen molar-refractivity contribution in [3.8, 4) is 0 Å². The van der Waals surface area contributed by atoms with Crippen LogP contribution in [0.2, 0.25) is 25.7 Å². The van der Waals surface area contributed by atoms with Gasteiger partial charge < -0.3 is 10.1 Å². The first-order valence-electron chi connectivity index (χ1n) is 7.35. The fourth-order valence-corrected chi connectivity index (χ4v) is 2.40. The van der Waals surface area contributed by atoms with Crippen LogP contribution in [-0.4, -0.2) is 26.6 Å². The number of nitrogens with one attached hydrogen (secondary N) is 1. The van der Waals surface area contributed by atoms with E-state index in [4.69, 9.17) is 11.3 Å².